The quantitative estimate of drug-likeness (QED) is 0.113. The molecule has 2 aromatic heterocycles. The summed E-state index contributed by atoms with van der Waals surface area (Å²) in [4.78, 5) is 31.4. The van der Waals surface area contributed by atoms with Crippen LogP contribution in [0.5, 0.6) is 28.7 Å². The molecule has 0 saturated heterocycles. The highest BCUT2D eigenvalue weighted by Gasteiger charge is 2.19. The third kappa shape index (κ3) is 17.3. The second-order valence-corrected chi connectivity index (χ2v) is 14.8. The molecule has 0 aliphatic rings. The molecule has 3 aromatic carbocycles. The van der Waals surface area contributed by atoms with Crippen molar-refractivity contribution in [1.29, 1.82) is 0 Å². The number of phenolic OH excluding ortho intramolecular Hbond substituents is 1. The number of phenols is 1. The van der Waals surface area contributed by atoms with Crippen LogP contribution >= 0.6 is 0 Å². The molecule has 5 N–H and O–H groups in total. The molecule has 0 bridgehead atoms. The normalized spacial score (nSPS) is 12.5. The summed E-state index contributed by atoms with van der Waals surface area (Å²) in [5.74, 6) is 3.04. The van der Waals surface area contributed by atoms with Crippen molar-refractivity contribution in [2.75, 3.05) is 0 Å². The lowest BCUT2D eigenvalue weighted by atomic mass is 10.1. The summed E-state index contributed by atoms with van der Waals surface area (Å²) in [5, 5.41) is 14.9. The van der Waals surface area contributed by atoms with Gasteiger partial charge in [-0.25, -0.2) is 9.59 Å². The number of nitrogens with two attached hydrogens (primary N) is 1. The number of hydrogen-bond donors (Lipinski definition) is 4. The number of aromatic hydroxyl groups is 1. The maximum absolute atomic E-state index is 11.8. The molecule has 0 aliphatic heterocycles. The van der Waals surface area contributed by atoms with E-state index in [2.05, 4.69) is 20.6 Å². The van der Waals surface area contributed by atoms with Crippen molar-refractivity contribution in [3.63, 3.8) is 0 Å². The minimum absolute atomic E-state index is 0.0115. The first-order chi connectivity index (χ1) is 26.4. The largest absolute Gasteiger partial charge is 0.508 e. The van der Waals surface area contributed by atoms with Crippen molar-refractivity contribution in [3.8, 4) is 28.7 Å². The summed E-state index contributed by atoms with van der Waals surface area (Å²) in [6.07, 6.45) is 5.83. The molecular formula is C44H55N5O7. The number of amides is 2. The zero-order valence-electron chi connectivity index (χ0n) is 33.6. The van der Waals surface area contributed by atoms with E-state index in [-0.39, 0.29) is 23.9 Å². The zero-order valence-corrected chi connectivity index (χ0v) is 33.6. The third-order valence-corrected chi connectivity index (χ3v) is 7.32. The molecule has 298 valence electrons. The number of nitrogens with one attached hydrogen (secondary N) is 2. The van der Waals surface area contributed by atoms with E-state index in [1.54, 1.807) is 43.0 Å². The maximum atomic E-state index is 11.8. The molecule has 5 rings (SSSR count). The Hall–Kier alpha value is -6.14. The van der Waals surface area contributed by atoms with Gasteiger partial charge in [-0.2, -0.15) is 0 Å². The zero-order chi connectivity index (χ0) is 41.3. The first-order valence-corrected chi connectivity index (χ1v) is 18.3. The molecule has 12 heteroatoms. The van der Waals surface area contributed by atoms with E-state index < -0.39 is 23.4 Å². The van der Waals surface area contributed by atoms with Gasteiger partial charge < -0.3 is 40.4 Å². The molecule has 5 aromatic rings. The first-order valence-electron chi connectivity index (χ1n) is 18.3. The summed E-state index contributed by atoms with van der Waals surface area (Å²) in [7, 11) is 0. The Morgan fingerprint density at radius 3 is 1.38 bits per heavy atom. The van der Waals surface area contributed by atoms with Crippen LogP contribution in [0.2, 0.25) is 0 Å². The van der Waals surface area contributed by atoms with Crippen LogP contribution in [0.25, 0.3) is 0 Å². The first kappa shape index (κ1) is 44.3. The number of nitrogens with zero attached hydrogens (tertiary/aromatic N) is 2. The third-order valence-electron chi connectivity index (χ3n) is 7.32. The standard InChI is InChI=1S/C18H22N2O3.C13H14N2O.C13H19NO3/c1-13(20-17(21)23-18(2,3)4)14-7-5-8-15(11-14)22-16-9-6-10-19-12-16;1-10(14)11-4-2-5-12(8-11)16-13-6-3-7-15-9-13;1-9(10-6-5-7-11(15)8-10)14-12(16)17-13(2,3)4/h5-13H,1-4H3,(H,20,21);2-10H,14H2,1H3;5-9,15H,1-4H3,(H,14,16)/t13-;10-;9-/m000/s1. The Balaban J connectivity index is 0.000000230. The fraction of sp³-hybridized carbons (Fsp3) is 0.318. The van der Waals surface area contributed by atoms with Gasteiger partial charge in [0.1, 0.15) is 39.9 Å². The number of pyridine rings is 2. The van der Waals surface area contributed by atoms with E-state index in [1.165, 1.54) is 0 Å². The van der Waals surface area contributed by atoms with Gasteiger partial charge in [-0.3, -0.25) is 9.97 Å². The molecule has 12 nitrogen and oxygen atoms in total. The van der Waals surface area contributed by atoms with Gasteiger partial charge in [-0.1, -0.05) is 36.4 Å². The summed E-state index contributed by atoms with van der Waals surface area (Å²) >= 11 is 0. The van der Waals surface area contributed by atoms with Gasteiger partial charge in [0.25, 0.3) is 0 Å². The van der Waals surface area contributed by atoms with Crippen molar-refractivity contribution in [3.05, 3.63) is 139 Å². The van der Waals surface area contributed by atoms with Crippen LogP contribution in [-0.2, 0) is 9.47 Å². The van der Waals surface area contributed by atoms with Crippen LogP contribution < -0.4 is 25.8 Å². The van der Waals surface area contributed by atoms with Crippen LogP contribution in [0.3, 0.4) is 0 Å². The molecule has 0 radical (unpaired) electrons. The number of benzene rings is 3. The Labute approximate surface area is 330 Å². The van der Waals surface area contributed by atoms with Gasteiger partial charge in [0.2, 0.25) is 0 Å². The molecule has 2 amide bonds. The van der Waals surface area contributed by atoms with E-state index in [1.807, 2.05) is 141 Å². The lowest BCUT2D eigenvalue weighted by molar-refractivity contribution is 0.0496. The van der Waals surface area contributed by atoms with Gasteiger partial charge in [-0.15, -0.1) is 0 Å². The predicted octanol–water partition coefficient (Wildman–Crippen LogP) is 10.3. The highest BCUT2D eigenvalue weighted by molar-refractivity contribution is 5.68. The molecule has 0 aliphatic carbocycles. The topological polar surface area (TPSA) is 167 Å². The lowest BCUT2D eigenvalue weighted by Gasteiger charge is -2.22. The van der Waals surface area contributed by atoms with Crippen LogP contribution in [0, 0.1) is 0 Å². The number of aromatic nitrogens is 2. The highest BCUT2D eigenvalue weighted by Crippen LogP contribution is 2.25. The minimum atomic E-state index is -0.519. The van der Waals surface area contributed by atoms with Gasteiger partial charge >= 0.3 is 12.2 Å². The van der Waals surface area contributed by atoms with Crippen molar-refractivity contribution >= 4 is 12.2 Å². The number of rotatable bonds is 9. The molecule has 56 heavy (non-hydrogen) atoms. The Kier molecular flexibility index (Phi) is 16.7. The van der Waals surface area contributed by atoms with E-state index in [0.29, 0.717) is 11.5 Å². The van der Waals surface area contributed by atoms with Crippen LogP contribution in [0.15, 0.2) is 122 Å². The number of hydrogen-bond acceptors (Lipinski definition) is 10. The summed E-state index contributed by atoms with van der Waals surface area (Å²) in [5.41, 5.74) is 7.59. The average Bonchev–Trinajstić information content (AvgIpc) is 3.11. The molecule has 0 saturated carbocycles. The molecule has 0 fully saturated rings. The molecule has 3 atom stereocenters. The lowest BCUT2D eigenvalue weighted by Crippen LogP contribution is -2.34. The van der Waals surface area contributed by atoms with Gasteiger partial charge in [-0.05, 0) is 140 Å². The van der Waals surface area contributed by atoms with E-state index in [4.69, 9.17) is 24.7 Å². The fourth-order valence-corrected chi connectivity index (χ4v) is 4.73. The fourth-order valence-electron chi connectivity index (χ4n) is 4.73. The second-order valence-electron chi connectivity index (χ2n) is 14.8. The van der Waals surface area contributed by atoms with Gasteiger partial charge in [0, 0.05) is 18.4 Å². The molecule has 2 heterocycles. The van der Waals surface area contributed by atoms with Crippen molar-refractivity contribution in [2.24, 2.45) is 5.73 Å². The Morgan fingerprint density at radius 2 is 0.982 bits per heavy atom. The smallest absolute Gasteiger partial charge is 0.408 e. The molecule has 0 unspecified atom stereocenters. The van der Waals surface area contributed by atoms with Crippen LogP contribution in [0.4, 0.5) is 9.59 Å². The van der Waals surface area contributed by atoms with E-state index in [9.17, 15) is 14.7 Å². The second kappa shape index (κ2) is 21.1. The van der Waals surface area contributed by atoms with Crippen LogP contribution in [0.1, 0.15) is 97.1 Å². The Bertz CT molecular complexity index is 1950. The summed E-state index contributed by atoms with van der Waals surface area (Å²) in [6.45, 7) is 16.6. The highest BCUT2D eigenvalue weighted by atomic mass is 16.6. The van der Waals surface area contributed by atoms with Gasteiger partial charge in [0.15, 0.2) is 0 Å². The number of ether oxygens (including phenoxy) is 4. The molecular weight excluding hydrogens is 711 g/mol. The van der Waals surface area contributed by atoms with E-state index >= 15 is 0 Å². The SMILES string of the molecule is C[C@H](N)c1cccc(Oc2cccnc2)c1.C[C@H](NC(=O)OC(C)(C)C)c1cccc(O)c1.C[C@H](NC(=O)OC(C)(C)C)c1cccc(Oc2cccnc2)c1. The van der Waals surface area contributed by atoms with Crippen molar-refractivity contribution in [2.45, 2.75) is 91.6 Å². The number of alkyl carbamates (subject to hydrolysis) is 2. The monoisotopic (exact) mass is 765 g/mol. The predicted molar refractivity (Wildman–Crippen MR) is 218 cm³/mol. The minimum Gasteiger partial charge on any atom is -0.508 e. The number of carbonyl (C=O) groups is 2. The van der Waals surface area contributed by atoms with Crippen LogP contribution in [-0.4, -0.2) is 38.5 Å². The summed E-state index contributed by atoms with van der Waals surface area (Å²) < 4.78 is 21.8. The molecule has 0 spiro atoms. The average molecular weight is 766 g/mol. The maximum Gasteiger partial charge on any atom is 0.408 e. The summed E-state index contributed by atoms with van der Waals surface area (Å²) in [6, 6.07) is 29.0. The van der Waals surface area contributed by atoms with Gasteiger partial charge in [0.05, 0.1) is 24.5 Å². The number of carbonyl (C=O) groups excluding carboxylic acids is 2. The van der Waals surface area contributed by atoms with Crippen molar-refractivity contribution < 1.29 is 33.6 Å². The Morgan fingerprint density at radius 1 is 0.589 bits per heavy atom. The van der Waals surface area contributed by atoms with E-state index in [0.717, 1.165) is 28.2 Å². The van der Waals surface area contributed by atoms with Crippen molar-refractivity contribution in [1.82, 2.24) is 20.6 Å².